The van der Waals surface area contributed by atoms with E-state index in [-0.39, 0.29) is 11.8 Å². The first-order valence-corrected chi connectivity index (χ1v) is 8.64. The van der Waals surface area contributed by atoms with Crippen LogP contribution in [0.1, 0.15) is 31.7 Å². The van der Waals surface area contributed by atoms with Gasteiger partial charge in [0.05, 0.1) is 13.2 Å². The zero-order valence-electron chi connectivity index (χ0n) is 14.6. The van der Waals surface area contributed by atoms with Crippen LogP contribution in [0.25, 0.3) is 0 Å². The molecule has 0 unspecified atom stereocenters. The number of methoxy groups -OCH3 is 1. The Bertz CT molecular complexity index is 556. The molecule has 1 fully saturated rings. The van der Waals surface area contributed by atoms with Gasteiger partial charge >= 0.3 is 0 Å². The van der Waals surface area contributed by atoms with E-state index in [1.54, 1.807) is 7.11 Å². The number of aliphatic imine (C=N–C) groups is 1. The SMILES string of the molecule is CCNC(=NCc1cccc(NC(=O)C2CCC2)c1)NCCOC. The highest BCUT2D eigenvalue weighted by Crippen LogP contribution is 2.27. The van der Waals surface area contributed by atoms with Gasteiger partial charge in [-0.3, -0.25) is 4.79 Å². The number of nitrogens with one attached hydrogen (secondary N) is 3. The minimum atomic E-state index is 0.136. The van der Waals surface area contributed by atoms with Crippen LogP contribution in [0.5, 0.6) is 0 Å². The summed E-state index contributed by atoms with van der Waals surface area (Å²) in [5, 5.41) is 9.42. The summed E-state index contributed by atoms with van der Waals surface area (Å²) in [4.78, 5) is 16.6. The molecule has 3 N–H and O–H groups in total. The largest absolute Gasteiger partial charge is 0.383 e. The second-order valence-electron chi connectivity index (χ2n) is 5.93. The first kappa shape index (κ1) is 18.3. The quantitative estimate of drug-likeness (QED) is 0.387. The molecule has 1 aromatic carbocycles. The van der Waals surface area contributed by atoms with Crippen LogP contribution in [0.15, 0.2) is 29.3 Å². The fraction of sp³-hybridized carbons (Fsp3) is 0.556. The van der Waals surface area contributed by atoms with Crippen molar-refractivity contribution >= 4 is 17.6 Å². The van der Waals surface area contributed by atoms with E-state index in [0.717, 1.165) is 43.0 Å². The van der Waals surface area contributed by atoms with Crippen molar-refractivity contribution in [2.75, 3.05) is 32.1 Å². The summed E-state index contributed by atoms with van der Waals surface area (Å²) in [5.41, 5.74) is 1.90. The number of carbonyl (C=O) groups excluding carboxylic acids is 1. The van der Waals surface area contributed by atoms with E-state index < -0.39 is 0 Å². The molecule has 2 rings (SSSR count). The summed E-state index contributed by atoms with van der Waals surface area (Å²) >= 11 is 0. The molecule has 0 radical (unpaired) electrons. The van der Waals surface area contributed by atoms with Crippen LogP contribution < -0.4 is 16.0 Å². The molecular formula is C18H28N4O2. The molecule has 0 aliphatic heterocycles. The standard InChI is InChI=1S/C18H28N4O2/c1-3-19-18(20-10-11-24-2)21-13-14-6-4-9-16(12-14)22-17(23)15-7-5-8-15/h4,6,9,12,15H,3,5,7-8,10-11,13H2,1-2H3,(H,22,23)(H2,19,20,21). The number of anilines is 1. The summed E-state index contributed by atoms with van der Waals surface area (Å²) < 4.78 is 5.03. The van der Waals surface area contributed by atoms with Gasteiger partial charge in [0.2, 0.25) is 5.91 Å². The van der Waals surface area contributed by atoms with Crippen molar-refractivity contribution in [3.8, 4) is 0 Å². The number of amides is 1. The molecule has 0 aromatic heterocycles. The molecule has 132 valence electrons. The lowest BCUT2D eigenvalue weighted by Gasteiger charge is -2.24. The van der Waals surface area contributed by atoms with E-state index in [0.29, 0.717) is 19.7 Å². The third-order valence-corrected chi connectivity index (χ3v) is 4.03. The van der Waals surface area contributed by atoms with Crippen molar-refractivity contribution in [3.63, 3.8) is 0 Å². The molecule has 1 aliphatic rings. The molecule has 1 aromatic rings. The van der Waals surface area contributed by atoms with Gasteiger partial charge in [0.15, 0.2) is 5.96 Å². The third kappa shape index (κ3) is 5.85. The van der Waals surface area contributed by atoms with Crippen LogP contribution in [-0.4, -0.2) is 38.7 Å². The Labute approximate surface area is 144 Å². The van der Waals surface area contributed by atoms with E-state index in [2.05, 4.69) is 20.9 Å². The second kappa shape index (κ2) is 9.93. The molecule has 0 spiro atoms. The highest BCUT2D eigenvalue weighted by Gasteiger charge is 2.25. The first-order valence-electron chi connectivity index (χ1n) is 8.64. The van der Waals surface area contributed by atoms with Crippen molar-refractivity contribution in [2.45, 2.75) is 32.7 Å². The minimum absolute atomic E-state index is 0.136. The number of hydrogen-bond donors (Lipinski definition) is 3. The monoisotopic (exact) mass is 332 g/mol. The molecular weight excluding hydrogens is 304 g/mol. The fourth-order valence-electron chi connectivity index (χ4n) is 2.45. The van der Waals surface area contributed by atoms with Crippen LogP contribution in [0.4, 0.5) is 5.69 Å². The van der Waals surface area contributed by atoms with Crippen LogP contribution >= 0.6 is 0 Å². The number of rotatable bonds is 8. The van der Waals surface area contributed by atoms with Gasteiger partial charge < -0.3 is 20.7 Å². The Morgan fingerprint density at radius 3 is 2.83 bits per heavy atom. The minimum Gasteiger partial charge on any atom is -0.383 e. The van der Waals surface area contributed by atoms with Crippen LogP contribution in [0.2, 0.25) is 0 Å². The van der Waals surface area contributed by atoms with Crippen LogP contribution in [0, 0.1) is 5.92 Å². The normalized spacial score (nSPS) is 14.8. The van der Waals surface area contributed by atoms with Crippen molar-refractivity contribution in [1.82, 2.24) is 10.6 Å². The smallest absolute Gasteiger partial charge is 0.227 e. The van der Waals surface area contributed by atoms with Gasteiger partial charge in [0, 0.05) is 31.8 Å². The molecule has 0 heterocycles. The first-order chi connectivity index (χ1) is 11.7. The molecule has 1 saturated carbocycles. The number of guanidine groups is 1. The van der Waals surface area contributed by atoms with Crippen molar-refractivity contribution < 1.29 is 9.53 Å². The highest BCUT2D eigenvalue weighted by atomic mass is 16.5. The van der Waals surface area contributed by atoms with Crippen molar-refractivity contribution in [2.24, 2.45) is 10.9 Å². The lowest BCUT2D eigenvalue weighted by molar-refractivity contribution is -0.122. The Hall–Kier alpha value is -2.08. The average molecular weight is 332 g/mol. The number of hydrogen-bond acceptors (Lipinski definition) is 3. The molecule has 1 aliphatic carbocycles. The Morgan fingerprint density at radius 2 is 2.17 bits per heavy atom. The highest BCUT2D eigenvalue weighted by molar-refractivity contribution is 5.93. The molecule has 0 atom stereocenters. The van der Waals surface area contributed by atoms with Gasteiger partial charge in [-0.25, -0.2) is 4.99 Å². The summed E-state index contributed by atoms with van der Waals surface area (Å²) in [6.45, 7) is 4.72. The fourth-order valence-corrected chi connectivity index (χ4v) is 2.45. The van der Waals surface area contributed by atoms with Gasteiger partial charge in [-0.2, -0.15) is 0 Å². The number of ether oxygens (including phenoxy) is 1. The van der Waals surface area contributed by atoms with Gasteiger partial charge in [-0.15, -0.1) is 0 Å². The number of benzene rings is 1. The van der Waals surface area contributed by atoms with Crippen molar-refractivity contribution in [3.05, 3.63) is 29.8 Å². The Kier molecular flexibility index (Phi) is 7.55. The second-order valence-corrected chi connectivity index (χ2v) is 5.93. The van der Waals surface area contributed by atoms with Gasteiger partial charge in [-0.05, 0) is 37.5 Å². The zero-order valence-corrected chi connectivity index (χ0v) is 14.6. The third-order valence-electron chi connectivity index (χ3n) is 4.03. The van der Waals surface area contributed by atoms with E-state index in [9.17, 15) is 4.79 Å². The van der Waals surface area contributed by atoms with E-state index in [1.165, 1.54) is 0 Å². The topological polar surface area (TPSA) is 74.8 Å². The molecule has 24 heavy (non-hydrogen) atoms. The summed E-state index contributed by atoms with van der Waals surface area (Å²) in [6, 6.07) is 7.87. The van der Waals surface area contributed by atoms with Crippen molar-refractivity contribution in [1.29, 1.82) is 0 Å². The summed E-state index contributed by atoms with van der Waals surface area (Å²) in [7, 11) is 1.68. The summed E-state index contributed by atoms with van der Waals surface area (Å²) in [5.74, 6) is 1.09. The molecule has 6 nitrogen and oxygen atoms in total. The lowest BCUT2D eigenvalue weighted by atomic mass is 9.85. The predicted octanol–water partition coefficient (Wildman–Crippen LogP) is 2.13. The maximum Gasteiger partial charge on any atom is 0.227 e. The van der Waals surface area contributed by atoms with Gasteiger partial charge in [0.1, 0.15) is 0 Å². The lowest BCUT2D eigenvalue weighted by Crippen LogP contribution is -2.38. The van der Waals surface area contributed by atoms with E-state index in [1.807, 2.05) is 31.2 Å². The molecule has 6 heteroatoms. The van der Waals surface area contributed by atoms with Gasteiger partial charge in [-0.1, -0.05) is 18.6 Å². The van der Waals surface area contributed by atoms with Gasteiger partial charge in [0.25, 0.3) is 0 Å². The predicted molar refractivity (Wildman–Crippen MR) is 97.1 cm³/mol. The molecule has 0 bridgehead atoms. The van der Waals surface area contributed by atoms with Crippen LogP contribution in [0.3, 0.4) is 0 Å². The molecule has 0 saturated heterocycles. The van der Waals surface area contributed by atoms with Crippen LogP contribution in [-0.2, 0) is 16.1 Å². The number of nitrogens with zero attached hydrogens (tertiary/aromatic N) is 1. The Balaban J connectivity index is 1.91. The summed E-state index contributed by atoms with van der Waals surface area (Å²) in [6.07, 6.45) is 3.18. The maximum absolute atomic E-state index is 12.0. The maximum atomic E-state index is 12.0. The molecule has 1 amide bonds. The van der Waals surface area contributed by atoms with E-state index in [4.69, 9.17) is 4.74 Å². The zero-order chi connectivity index (χ0) is 17.2. The average Bonchev–Trinajstić information content (AvgIpc) is 2.51. The number of carbonyl (C=O) groups is 1. The Morgan fingerprint density at radius 1 is 1.33 bits per heavy atom. The van der Waals surface area contributed by atoms with E-state index >= 15 is 0 Å².